The molecule has 2 aromatic rings. The van der Waals surface area contributed by atoms with Crippen LogP contribution in [0.15, 0.2) is 36.5 Å². The highest BCUT2D eigenvalue weighted by molar-refractivity contribution is 5.94. The van der Waals surface area contributed by atoms with Crippen LogP contribution in [0.5, 0.6) is 5.88 Å². The van der Waals surface area contributed by atoms with Crippen molar-refractivity contribution in [2.45, 2.75) is 53.2 Å². The number of carbonyl (C=O) groups excluding carboxylic acids is 2. The maximum Gasteiger partial charge on any atom is 0.304 e. The lowest BCUT2D eigenvalue weighted by Crippen LogP contribution is -2.36. The first kappa shape index (κ1) is 24.8. The summed E-state index contributed by atoms with van der Waals surface area (Å²) in [5, 5.41) is 5.26. The molecule has 2 aromatic heterocycles. The third kappa shape index (κ3) is 6.53. The van der Waals surface area contributed by atoms with E-state index in [1.165, 1.54) is 32.2 Å². The van der Waals surface area contributed by atoms with Crippen molar-refractivity contribution in [3.05, 3.63) is 53.5 Å². The fraction of sp³-hybridized carbons (Fsp3) is 0.409. The van der Waals surface area contributed by atoms with E-state index in [1.54, 1.807) is 26.8 Å². The van der Waals surface area contributed by atoms with Crippen molar-refractivity contribution in [2.75, 3.05) is 5.32 Å². The van der Waals surface area contributed by atoms with Crippen molar-refractivity contribution in [3.63, 3.8) is 0 Å². The van der Waals surface area contributed by atoms with Gasteiger partial charge in [0.2, 0.25) is 17.7 Å². The molecule has 32 heavy (non-hydrogen) atoms. The normalized spacial score (nSPS) is 12.2. The zero-order valence-electron chi connectivity index (χ0n) is 18.7. The fourth-order valence-corrected chi connectivity index (χ4v) is 2.46. The van der Waals surface area contributed by atoms with Crippen LogP contribution in [0.4, 0.5) is 14.7 Å². The number of pyridine rings is 1. The highest BCUT2D eigenvalue weighted by Crippen LogP contribution is 2.29. The van der Waals surface area contributed by atoms with Crippen LogP contribution in [0.1, 0.15) is 49.4 Å². The Morgan fingerprint density at radius 2 is 1.91 bits per heavy atom. The van der Waals surface area contributed by atoms with Gasteiger partial charge in [-0.25, -0.2) is 15.0 Å². The van der Waals surface area contributed by atoms with Crippen molar-refractivity contribution in [1.82, 2.24) is 20.3 Å². The first-order valence-electron chi connectivity index (χ1n) is 10.00. The van der Waals surface area contributed by atoms with E-state index in [9.17, 15) is 18.4 Å². The van der Waals surface area contributed by atoms with E-state index in [0.29, 0.717) is 11.3 Å². The zero-order chi connectivity index (χ0) is 24.1. The Bertz CT molecular complexity index is 994. The number of nitrogens with one attached hydrogen (secondary N) is 2. The summed E-state index contributed by atoms with van der Waals surface area (Å²) >= 11 is 0. The number of alkyl halides is 2. The van der Waals surface area contributed by atoms with Crippen molar-refractivity contribution >= 4 is 17.8 Å². The number of aromatic nitrogens is 3. The van der Waals surface area contributed by atoms with Gasteiger partial charge in [-0.05, 0) is 38.0 Å². The number of carbonyl (C=O) groups is 2. The zero-order valence-corrected chi connectivity index (χ0v) is 18.7. The van der Waals surface area contributed by atoms with Crippen LogP contribution < -0.4 is 15.4 Å². The topological polar surface area (TPSA) is 106 Å². The van der Waals surface area contributed by atoms with E-state index >= 15 is 0 Å². The molecule has 0 aliphatic rings. The van der Waals surface area contributed by atoms with Crippen molar-refractivity contribution in [1.29, 1.82) is 0 Å². The van der Waals surface area contributed by atoms with Crippen LogP contribution in [0, 0.1) is 12.8 Å². The van der Waals surface area contributed by atoms with Crippen LogP contribution >= 0.6 is 0 Å². The van der Waals surface area contributed by atoms with Crippen LogP contribution in [0.25, 0.3) is 0 Å². The first-order valence-corrected chi connectivity index (χ1v) is 10.00. The third-order valence-corrected chi connectivity index (χ3v) is 4.47. The molecule has 2 N–H and O–H groups in total. The summed E-state index contributed by atoms with van der Waals surface area (Å²) in [6, 6.07) is 4.55. The van der Waals surface area contributed by atoms with E-state index < -0.39 is 17.9 Å². The monoisotopic (exact) mass is 447 g/mol. The quantitative estimate of drug-likeness (QED) is 0.568. The molecular weight excluding hydrogens is 420 g/mol. The molecule has 0 saturated carbocycles. The molecule has 2 amide bonds. The van der Waals surface area contributed by atoms with Gasteiger partial charge >= 0.3 is 5.92 Å². The van der Waals surface area contributed by atoms with Crippen LogP contribution in [-0.2, 0) is 11.3 Å². The summed E-state index contributed by atoms with van der Waals surface area (Å²) in [5.74, 6) is -4.08. The Morgan fingerprint density at radius 1 is 1.22 bits per heavy atom. The van der Waals surface area contributed by atoms with Crippen LogP contribution in [-0.4, -0.2) is 38.8 Å². The molecule has 10 heteroatoms. The molecule has 2 rings (SSSR count). The highest BCUT2D eigenvalue weighted by atomic mass is 19.3. The van der Waals surface area contributed by atoms with Crippen LogP contribution in [0.3, 0.4) is 0 Å². The molecule has 172 valence electrons. The van der Waals surface area contributed by atoms with Gasteiger partial charge < -0.3 is 10.1 Å². The predicted molar refractivity (Wildman–Crippen MR) is 115 cm³/mol. The van der Waals surface area contributed by atoms with Gasteiger partial charge in [-0.3, -0.25) is 14.9 Å². The number of anilines is 1. The molecule has 2 heterocycles. The second-order valence-corrected chi connectivity index (χ2v) is 7.71. The van der Waals surface area contributed by atoms with Gasteiger partial charge in [0.25, 0.3) is 5.91 Å². The number of amides is 2. The molecule has 0 unspecified atom stereocenters. The van der Waals surface area contributed by atoms with E-state index in [1.807, 2.05) is 0 Å². The summed E-state index contributed by atoms with van der Waals surface area (Å²) in [6.07, 6.45) is -0.00902. The number of ether oxygens (including phenoxy) is 1. The Hall–Kier alpha value is -3.43. The van der Waals surface area contributed by atoms with Crippen molar-refractivity contribution < 1.29 is 23.1 Å². The molecule has 0 aliphatic carbocycles. The molecule has 0 aliphatic heterocycles. The summed E-state index contributed by atoms with van der Waals surface area (Å²) < 4.78 is 33.0. The molecule has 0 radical (unpaired) electrons. The average Bonchev–Trinajstić information content (AvgIpc) is 2.72. The molecule has 8 nitrogen and oxygen atoms in total. The minimum atomic E-state index is -3.18. The lowest BCUT2D eigenvalue weighted by Gasteiger charge is -2.24. The Labute approximate surface area is 185 Å². The smallest absolute Gasteiger partial charge is 0.304 e. The lowest BCUT2D eigenvalue weighted by molar-refractivity contribution is -0.118. The molecule has 0 fully saturated rings. The number of rotatable bonds is 9. The first-order chi connectivity index (χ1) is 14.9. The molecule has 0 bridgehead atoms. The highest BCUT2D eigenvalue weighted by Gasteiger charge is 2.39. The molecule has 0 aromatic carbocycles. The number of hydrogen-bond donors (Lipinski definition) is 2. The largest absolute Gasteiger partial charge is 0.468 e. The van der Waals surface area contributed by atoms with Gasteiger partial charge in [0.05, 0.1) is 0 Å². The Kier molecular flexibility index (Phi) is 7.96. The van der Waals surface area contributed by atoms with Crippen LogP contribution in [0.2, 0.25) is 0 Å². The van der Waals surface area contributed by atoms with Gasteiger partial charge in [-0.2, -0.15) is 8.78 Å². The van der Waals surface area contributed by atoms with Crippen molar-refractivity contribution in [3.8, 4) is 5.88 Å². The Morgan fingerprint density at radius 3 is 2.47 bits per heavy atom. The standard InChI is InChI=1S/C22H27F2N5O3/c1-12(2)19(30)29-21-27-14(5)9-17(28-21)20(31)26-11-16-7-8-18(25-10-16)32-15(6)22(23,24)13(3)4/h7-10,12,15H,3,11H2,1-2,4-6H3,(H,26,31)(H,27,28,29,30)/t15-/m1/s1. The van der Waals surface area contributed by atoms with Gasteiger partial charge in [0, 0.05) is 30.4 Å². The van der Waals surface area contributed by atoms with Gasteiger partial charge in [-0.1, -0.05) is 26.5 Å². The number of nitrogens with zero attached hydrogens (tertiary/aromatic N) is 3. The predicted octanol–water partition coefficient (Wildman–Crippen LogP) is 3.68. The molecular formula is C22H27F2N5O3. The van der Waals surface area contributed by atoms with Gasteiger partial charge in [0.1, 0.15) is 5.69 Å². The number of hydrogen-bond acceptors (Lipinski definition) is 6. The fourth-order valence-electron chi connectivity index (χ4n) is 2.46. The second kappa shape index (κ2) is 10.3. The number of halogens is 2. The van der Waals surface area contributed by atoms with Gasteiger partial charge in [0.15, 0.2) is 6.10 Å². The average molecular weight is 447 g/mol. The summed E-state index contributed by atoms with van der Waals surface area (Å²) in [4.78, 5) is 36.5. The molecule has 0 saturated heterocycles. The van der Waals surface area contributed by atoms with Gasteiger partial charge in [-0.15, -0.1) is 0 Å². The third-order valence-electron chi connectivity index (χ3n) is 4.47. The summed E-state index contributed by atoms with van der Waals surface area (Å²) in [7, 11) is 0. The minimum absolute atomic E-state index is 0.0328. The minimum Gasteiger partial charge on any atom is -0.468 e. The van der Waals surface area contributed by atoms with E-state index in [4.69, 9.17) is 4.74 Å². The molecule has 0 spiro atoms. The summed E-state index contributed by atoms with van der Waals surface area (Å²) in [6.45, 7) is 11.0. The Balaban J connectivity index is 1.99. The SMILES string of the molecule is C=C(C)C(F)(F)[C@@H](C)Oc1ccc(CNC(=O)c2cc(C)nc(NC(=O)C(C)C)n2)cn1. The maximum atomic E-state index is 13.9. The van der Waals surface area contributed by atoms with Crippen molar-refractivity contribution in [2.24, 2.45) is 5.92 Å². The number of aryl methyl sites for hydroxylation is 1. The maximum absolute atomic E-state index is 13.9. The lowest BCUT2D eigenvalue weighted by atomic mass is 10.1. The summed E-state index contributed by atoms with van der Waals surface area (Å²) in [5.41, 5.74) is 0.953. The van der Waals surface area contributed by atoms with E-state index in [0.717, 1.165) is 0 Å². The van der Waals surface area contributed by atoms with E-state index in [2.05, 4.69) is 32.2 Å². The van der Waals surface area contributed by atoms with E-state index in [-0.39, 0.29) is 41.5 Å². The molecule has 1 atom stereocenters. The second-order valence-electron chi connectivity index (χ2n) is 7.71.